The van der Waals surface area contributed by atoms with Gasteiger partial charge in [-0.2, -0.15) is 0 Å². The molecule has 3 heteroatoms. The minimum atomic E-state index is -0.399. The normalized spacial score (nSPS) is 14.2. The predicted octanol–water partition coefficient (Wildman–Crippen LogP) is 1.99. The molecule has 0 aromatic carbocycles. The summed E-state index contributed by atoms with van der Waals surface area (Å²) < 4.78 is 5.59. The molecule has 0 saturated carbocycles. The molecular weight excluding hydrogens is 190 g/mol. The van der Waals surface area contributed by atoms with Gasteiger partial charge in [0.15, 0.2) is 9.76 Å². The summed E-state index contributed by atoms with van der Waals surface area (Å²) in [6.45, 7) is 10.5. The van der Waals surface area contributed by atoms with Crippen LogP contribution in [0.2, 0.25) is 5.04 Å². The zero-order valence-electron chi connectivity index (χ0n) is 10.1. The Hall–Kier alpha value is -0.123. The number of hydrogen-bond donors (Lipinski definition) is 1. The minimum absolute atomic E-state index is 0.380. The minimum Gasteiger partial charge on any atom is -0.424 e. The molecule has 0 radical (unpaired) electrons. The molecule has 84 valence electrons. The lowest BCUT2D eigenvalue weighted by molar-refractivity contribution is 0.339. The van der Waals surface area contributed by atoms with Gasteiger partial charge >= 0.3 is 0 Å². The third-order valence-corrected chi connectivity index (χ3v) is 3.76. The summed E-state index contributed by atoms with van der Waals surface area (Å²) in [4.78, 5) is 0. The standard InChI is InChI=1S/C11H25NOSi/c1-5-13-14-11(3,4)9-10(2)7-6-8-12/h7H,5-6,8-9,12,14H2,1-4H3. The molecule has 0 aliphatic rings. The molecule has 0 saturated heterocycles. The lowest BCUT2D eigenvalue weighted by atomic mass is 10.0. The van der Waals surface area contributed by atoms with Crippen LogP contribution >= 0.6 is 0 Å². The molecule has 0 unspecified atom stereocenters. The summed E-state index contributed by atoms with van der Waals surface area (Å²) in [5.74, 6) is 0. The third-order valence-electron chi connectivity index (χ3n) is 2.11. The van der Waals surface area contributed by atoms with Crippen molar-refractivity contribution in [2.24, 2.45) is 5.73 Å². The number of allylic oxidation sites excluding steroid dienone is 1. The third kappa shape index (κ3) is 7.30. The van der Waals surface area contributed by atoms with Gasteiger partial charge < -0.3 is 10.2 Å². The summed E-state index contributed by atoms with van der Waals surface area (Å²) in [7, 11) is -0.399. The maximum atomic E-state index is 5.59. The van der Waals surface area contributed by atoms with E-state index in [-0.39, 0.29) is 0 Å². The first-order chi connectivity index (χ1) is 6.52. The first kappa shape index (κ1) is 13.9. The van der Waals surface area contributed by atoms with Crippen molar-refractivity contribution in [1.82, 2.24) is 0 Å². The molecule has 2 nitrogen and oxygen atoms in total. The van der Waals surface area contributed by atoms with Gasteiger partial charge in [0.2, 0.25) is 0 Å². The van der Waals surface area contributed by atoms with Crippen molar-refractivity contribution < 1.29 is 4.43 Å². The molecule has 0 atom stereocenters. The molecule has 0 fully saturated rings. The maximum Gasteiger partial charge on any atom is 0.167 e. The zero-order valence-corrected chi connectivity index (χ0v) is 11.5. The molecule has 0 spiro atoms. The Labute approximate surface area is 90.9 Å². The molecule has 0 aliphatic heterocycles. The van der Waals surface area contributed by atoms with Crippen molar-refractivity contribution in [3.05, 3.63) is 11.6 Å². The highest BCUT2D eigenvalue weighted by Crippen LogP contribution is 2.31. The second-order valence-electron chi connectivity index (χ2n) is 4.61. The van der Waals surface area contributed by atoms with Gasteiger partial charge in [0, 0.05) is 6.61 Å². The van der Waals surface area contributed by atoms with Crippen LogP contribution in [0, 0.1) is 0 Å². The molecule has 14 heavy (non-hydrogen) atoms. The second kappa shape index (κ2) is 7.21. The van der Waals surface area contributed by atoms with Crippen LogP contribution in [0.5, 0.6) is 0 Å². The molecule has 0 heterocycles. The topological polar surface area (TPSA) is 35.2 Å². The van der Waals surface area contributed by atoms with Crippen LogP contribution in [0.4, 0.5) is 0 Å². The van der Waals surface area contributed by atoms with E-state index in [0.29, 0.717) is 5.04 Å². The predicted molar refractivity (Wildman–Crippen MR) is 66.3 cm³/mol. The van der Waals surface area contributed by atoms with Gasteiger partial charge in [0.1, 0.15) is 0 Å². The molecule has 0 aromatic rings. The monoisotopic (exact) mass is 215 g/mol. The molecule has 0 rings (SSSR count). The summed E-state index contributed by atoms with van der Waals surface area (Å²) >= 11 is 0. The molecular formula is C11H25NOSi. The fourth-order valence-corrected chi connectivity index (χ4v) is 2.84. The van der Waals surface area contributed by atoms with E-state index in [9.17, 15) is 0 Å². The highest BCUT2D eigenvalue weighted by atomic mass is 28.2. The van der Waals surface area contributed by atoms with E-state index in [0.717, 1.165) is 26.0 Å². The van der Waals surface area contributed by atoms with Crippen molar-refractivity contribution in [3.8, 4) is 0 Å². The van der Waals surface area contributed by atoms with Gasteiger partial charge in [-0.3, -0.25) is 0 Å². The Kier molecular flexibility index (Phi) is 7.14. The van der Waals surface area contributed by atoms with Crippen LogP contribution in [-0.4, -0.2) is 22.9 Å². The van der Waals surface area contributed by atoms with Crippen LogP contribution in [0.15, 0.2) is 11.6 Å². The molecule has 0 aliphatic carbocycles. The zero-order chi connectivity index (χ0) is 11.0. The fraction of sp³-hybridized carbons (Fsp3) is 0.818. The van der Waals surface area contributed by atoms with Crippen molar-refractivity contribution >= 4 is 9.76 Å². The average molecular weight is 215 g/mol. The molecule has 0 amide bonds. The van der Waals surface area contributed by atoms with E-state index < -0.39 is 9.76 Å². The lowest BCUT2D eigenvalue weighted by Gasteiger charge is -2.23. The van der Waals surface area contributed by atoms with Crippen molar-refractivity contribution in [1.29, 1.82) is 0 Å². The molecule has 0 aromatic heterocycles. The van der Waals surface area contributed by atoms with E-state index in [4.69, 9.17) is 10.2 Å². The van der Waals surface area contributed by atoms with E-state index in [1.54, 1.807) is 0 Å². The quantitative estimate of drug-likeness (QED) is 0.521. The average Bonchev–Trinajstić information content (AvgIpc) is 2.11. The Morgan fingerprint density at radius 3 is 2.64 bits per heavy atom. The largest absolute Gasteiger partial charge is 0.424 e. The van der Waals surface area contributed by atoms with Gasteiger partial charge in [-0.05, 0) is 38.3 Å². The molecule has 0 bridgehead atoms. The maximum absolute atomic E-state index is 5.59. The van der Waals surface area contributed by atoms with Gasteiger partial charge in [-0.15, -0.1) is 0 Å². The summed E-state index contributed by atoms with van der Waals surface area (Å²) in [5, 5.41) is 0.380. The van der Waals surface area contributed by atoms with Gasteiger partial charge in [-0.1, -0.05) is 25.5 Å². The SMILES string of the molecule is CCO[SiH2]C(C)(C)CC(C)=CCCN. The highest BCUT2D eigenvalue weighted by molar-refractivity contribution is 6.32. The summed E-state index contributed by atoms with van der Waals surface area (Å²) in [6.07, 6.45) is 4.40. The van der Waals surface area contributed by atoms with Crippen LogP contribution < -0.4 is 5.73 Å². The van der Waals surface area contributed by atoms with Crippen molar-refractivity contribution in [3.63, 3.8) is 0 Å². The summed E-state index contributed by atoms with van der Waals surface area (Å²) in [5.41, 5.74) is 6.91. The van der Waals surface area contributed by atoms with E-state index in [1.807, 2.05) is 0 Å². The smallest absolute Gasteiger partial charge is 0.167 e. The Morgan fingerprint density at radius 1 is 1.50 bits per heavy atom. The van der Waals surface area contributed by atoms with Crippen LogP contribution in [-0.2, 0) is 4.43 Å². The number of nitrogens with two attached hydrogens (primary N) is 1. The first-order valence-electron chi connectivity index (χ1n) is 5.45. The van der Waals surface area contributed by atoms with Crippen LogP contribution in [0.1, 0.15) is 40.5 Å². The lowest BCUT2D eigenvalue weighted by Crippen LogP contribution is -2.16. The van der Waals surface area contributed by atoms with E-state index >= 15 is 0 Å². The van der Waals surface area contributed by atoms with E-state index in [1.165, 1.54) is 5.57 Å². The van der Waals surface area contributed by atoms with Crippen molar-refractivity contribution in [2.75, 3.05) is 13.2 Å². The van der Waals surface area contributed by atoms with Crippen LogP contribution in [0.25, 0.3) is 0 Å². The Morgan fingerprint density at radius 2 is 2.14 bits per heavy atom. The first-order valence-corrected chi connectivity index (χ1v) is 6.73. The number of rotatable bonds is 7. The van der Waals surface area contributed by atoms with E-state index in [2.05, 4.69) is 33.8 Å². The van der Waals surface area contributed by atoms with Gasteiger partial charge in [0.25, 0.3) is 0 Å². The second-order valence-corrected chi connectivity index (χ2v) is 7.22. The molecule has 2 N–H and O–H groups in total. The van der Waals surface area contributed by atoms with Gasteiger partial charge in [-0.25, -0.2) is 0 Å². The van der Waals surface area contributed by atoms with Gasteiger partial charge in [0.05, 0.1) is 0 Å². The Balaban J connectivity index is 3.93. The van der Waals surface area contributed by atoms with Crippen LogP contribution in [0.3, 0.4) is 0 Å². The Bertz CT molecular complexity index is 178. The van der Waals surface area contributed by atoms with Crippen molar-refractivity contribution in [2.45, 2.75) is 45.6 Å². The highest BCUT2D eigenvalue weighted by Gasteiger charge is 2.19. The fourth-order valence-electron chi connectivity index (χ4n) is 1.59. The summed E-state index contributed by atoms with van der Waals surface area (Å²) in [6, 6.07) is 0. The number of hydrogen-bond acceptors (Lipinski definition) is 2.